The summed E-state index contributed by atoms with van der Waals surface area (Å²) in [5, 5.41) is 20.1. The molecule has 0 saturated carbocycles. The number of phenols is 1. The number of hydrazine groups is 1. The van der Waals surface area contributed by atoms with Gasteiger partial charge in [0, 0.05) is 11.3 Å². The zero-order valence-corrected chi connectivity index (χ0v) is 19.1. The summed E-state index contributed by atoms with van der Waals surface area (Å²) in [6, 6.07) is 19.0. The number of phenolic OH excluding ortho intramolecular Hbond substituents is 1. The molecule has 2 heterocycles. The van der Waals surface area contributed by atoms with Crippen molar-refractivity contribution in [3.8, 4) is 5.75 Å². The number of amides is 3. The number of hydrogen-bond acceptors (Lipinski definition) is 7. The van der Waals surface area contributed by atoms with Crippen LogP contribution in [0.25, 0.3) is 16.7 Å². The van der Waals surface area contributed by atoms with Gasteiger partial charge in [-0.05, 0) is 48.5 Å². The Morgan fingerprint density at radius 1 is 0.838 bits per heavy atom. The Kier molecular flexibility index (Phi) is 6.04. The number of anilines is 1. The van der Waals surface area contributed by atoms with E-state index in [1.807, 2.05) is 6.07 Å². The molecule has 12 heteroatoms. The SMILES string of the molecule is O=C(Cn1c(=O)c2nncn2c2ccccc21)Nc1ccc(C(=O)NNC(=O)c2ccccc2O)cc1. The number of hydrogen-bond donors (Lipinski definition) is 4. The van der Waals surface area contributed by atoms with Crippen LogP contribution < -0.4 is 21.7 Å². The highest BCUT2D eigenvalue weighted by Crippen LogP contribution is 2.16. The molecule has 3 amide bonds. The maximum absolute atomic E-state index is 12.9. The number of carbonyl (C=O) groups is 3. The molecule has 0 radical (unpaired) electrons. The Bertz CT molecular complexity index is 1720. The molecule has 0 unspecified atom stereocenters. The van der Waals surface area contributed by atoms with Crippen LogP contribution in [-0.2, 0) is 11.3 Å². The summed E-state index contributed by atoms with van der Waals surface area (Å²) in [6.45, 7) is -0.261. The molecule has 0 atom stereocenters. The number of nitrogens with zero attached hydrogens (tertiary/aromatic N) is 4. The molecule has 37 heavy (non-hydrogen) atoms. The third-order valence-electron chi connectivity index (χ3n) is 5.59. The van der Waals surface area contributed by atoms with Crippen molar-refractivity contribution >= 4 is 40.1 Å². The highest BCUT2D eigenvalue weighted by Gasteiger charge is 2.15. The van der Waals surface area contributed by atoms with Crippen molar-refractivity contribution in [2.75, 3.05) is 5.32 Å². The normalized spacial score (nSPS) is 10.8. The monoisotopic (exact) mass is 497 g/mol. The topological polar surface area (TPSA) is 160 Å². The van der Waals surface area contributed by atoms with Crippen LogP contribution in [0.5, 0.6) is 5.75 Å². The largest absolute Gasteiger partial charge is 0.507 e. The number of benzene rings is 3. The van der Waals surface area contributed by atoms with Gasteiger partial charge in [0.25, 0.3) is 17.4 Å². The molecular formula is C25H19N7O5. The average Bonchev–Trinajstić information content (AvgIpc) is 3.41. The summed E-state index contributed by atoms with van der Waals surface area (Å²) in [4.78, 5) is 50.1. The van der Waals surface area contributed by atoms with Gasteiger partial charge in [-0.25, -0.2) is 0 Å². The molecular weight excluding hydrogens is 478 g/mol. The van der Waals surface area contributed by atoms with Crippen molar-refractivity contribution in [2.24, 2.45) is 0 Å². The summed E-state index contributed by atoms with van der Waals surface area (Å²) in [5.74, 6) is -1.95. The fraction of sp³-hybridized carbons (Fsp3) is 0.0400. The van der Waals surface area contributed by atoms with Gasteiger partial charge in [-0.15, -0.1) is 10.2 Å². The van der Waals surface area contributed by atoms with Gasteiger partial charge < -0.3 is 10.4 Å². The quantitative estimate of drug-likeness (QED) is 0.268. The minimum Gasteiger partial charge on any atom is -0.507 e. The predicted molar refractivity (Wildman–Crippen MR) is 133 cm³/mol. The number of para-hydroxylation sites is 3. The van der Waals surface area contributed by atoms with Crippen LogP contribution in [0.2, 0.25) is 0 Å². The van der Waals surface area contributed by atoms with Crippen molar-refractivity contribution < 1.29 is 19.5 Å². The van der Waals surface area contributed by atoms with Gasteiger partial charge in [0.2, 0.25) is 11.6 Å². The smallest absolute Gasteiger partial charge is 0.297 e. The second kappa shape index (κ2) is 9.62. The zero-order chi connectivity index (χ0) is 25.9. The first-order valence-electron chi connectivity index (χ1n) is 11.0. The number of carbonyl (C=O) groups excluding carboxylic acids is 3. The van der Waals surface area contributed by atoms with E-state index < -0.39 is 23.3 Å². The van der Waals surface area contributed by atoms with Crippen molar-refractivity contribution in [1.82, 2.24) is 30.0 Å². The maximum atomic E-state index is 12.9. The Hall–Kier alpha value is -5.52. The number of nitrogens with one attached hydrogen (secondary N) is 3. The van der Waals surface area contributed by atoms with Crippen LogP contribution >= 0.6 is 0 Å². The maximum Gasteiger partial charge on any atom is 0.297 e. The number of aromatic hydroxyl groups is 1. The Labute approximate surface area is 208 Å². The van der Waals surface area contributed by atoms with Crippen LogP contribution in [0.4, 0.5) is 5.69 Å². The molecule has 5 rings (SSSR count). The molecule has 0 aliphatic rings. The molecule has 3 aromatic carbocycles. The van der Waals surface area contributed by atoms with E-state index in [2.05, 4.69) is 26.4 Å². The first kappa shape index (κ1) is 23.2. The van der Waals surface area contributed by atoms with Gasteiger partial charge in [0.05, 0.1) is 16.6 Å². The van der Waals surface area contributed by atoms with E-state index in [4.69, 9.17) is 0 Å². The Balaban J connectivity index is 1.25. The van der Waals surface area contributed by atoms with Gasteiger partial charge >= 0.3 is 0 Å². The van der Waals surface area contributed by atoms with Gasteiger partial charge in [-0.2, -0.15) is 0 Å². The molecule has 5 aromatic rings. The highest BCUT2D eigenvalue weighted by molar-refractivity contribution is 6.00. The van der Waals surface area contributed by atoms with E-state index >= 15 is 0 Å². The van der Waals surface area contributed by atoms with E-state index in [-0.39, 0.29) is 29.1 Å². The minimum absolute atomic E-state index is 0.0101. The van der Waals surface area contributed by atoms with Gasteiger partial charge in [-0.1, -0.05) is 24.3 Å². The molecule has 0 spiro atoms. The lowest BCUT2D eigenvalue weighted by atomic mass is 10.2. The molecule has 0 saturated heterocycles. The van der Waals surface area contributed by atoms with Crippen molar-refractivity contribution in [3.63, 3.8) is 0 Å². The van der Waals surface area contributed by atoms with Gasteiger partial charge in [0.15, 0.2) is 0 Å². The lowest BCUT2D eigenvalue weighted by Crippen LogP contribution is -2.41. The zero-order valence-electron chi connectivity index (χ0n) is 19.1. The number of fused-ring (bicyclic) bond motifs is 3. The second-order valence-corrected chi connectivity index (χ2v) is 7.96. The Morgan fingerprint density at radius 3 is 2.27 bits per heavy atom. The number of rotatable bonds is 5. The lowest BCUT2D eigenvalue weighted by molar-refractivity contribution is -0.116. The van der Waals surface area contributed by atoms with Crippen molar-refractivity contribution in [2.45, 2.75) is 6.54 Å². The second-order valence-electron chi connectivity index (χ2n) is 7.96. The standard InChI is InChI=1S/C25H19N7O5/c33-20-8-4-1-5-17(20)24(36)30-29-23(35)15-9-11-16(12-10-15)27-21(34)13-31-18-6-2-3-7-19(18)32-14-26-28-22(32)25(31)37/h1-12,14,33H,13H2,(H,27,34)(H,29,35)(H,30,36). The summed E-state index contributed by atoms with van der Waals surface area (Å²) < 4.78 is 2.89. The fourth-order valence-electron chi connectivity index (χ4n) is 3.81. The fourth-order valence-corrected chi connectivity index (χ4v) is 3.81. The summed E-state index contributed by atoms with van der Waals surface area (Å²) in [5.41, 5.74) is 6.01. The highest BCUT2D eigenvalue weighted by atomic mass is 16.3. The van der Waals surface area contributed by atoms with Crippen LogP contribution in [0.1, 0.15) is 20.7 Å². The molecule has 4 N–H and O–H groups in total. The Morgan fingerprint density at radius 2 is 1.51 bits per heavy atom. The van der Waals surface area contributed by atoms with Crippen molar-refractivity contribution in [3.05, 3.63) is 101 Å². The first-order chi connectivity index (χ1) is 17.9. The van der Waals surface area contributed by atoms with E-state index in [1.54, 1.807) is 34.7 Å². The molecule has 12 nitrogen and oxygen atoms in total. The van der Waals surface area contributed by atoms with Crippen LogP contribution in [0.15, 0.2) is 83.9 Å². The third kappa shape index (κ3) is 4.58. The molecule has 0 fully saturated rings. The molecule has 184 valence electrons. The summed E-state index contributed by atoms with van der Waals surface area (Å²) in [7, 11) is 0. The molecule has 2 aromatic heterocycles. The van der Waals surface area contributed by atoms with Gasteiger partial charge in [-0.3, -0.25) is 39.0 Å². The van der Waals surface area contributed by atoms with E-state index in [0.29, 0.717) is 16.7 Å². The van der Waals surface area contributed by atoms with Crippen LogP contribution in [-0.4, -0.2) is 42.0 Å². The summed E-state index contributed by atoms with van der Waals surface area (Å²) >= 11 is 0. The number of aromatic nitrogens is 4. The van der Waals surface area contributed by atoms with Crippen LogP contribution in [0, 0.1) is 0 Å². The molecule has 0 aliphatic carbocycles. The van der Waals surface area contributed by atoms with E-state index in [0.717, 1.165) is 0 Å². The molecule has 0 bridgehead atoms. The minimum atomic E-state index is -0.678. The van der Waals surface area contributed by atoms with Gasteiger partial charge in [0.1, 0.15) is 18.6 Å². The summed E-state index contributed by atoms with van der Waals surface area (Å²) in [6.07, 6.45) is 1.44. The van der Waals surface area contributed by atoms with Crippen LogP contribution in [0.3, 0.4) is 0 Å². The van der Waals surface area contributed by atoms with Crippen molar-refractivity contribution in [1.29, 1.82) is 0 Å². The lowest BCUT2D eigenvalue weighted by Gasteiger charge is -2.12. The van der Waals surface area contributed by atoms with E-state index in [9.17, 15) is 24.3 Å². The first-order valence-corrected chi connectivity index (χ1v) is 11.0. The predicted octanol–water partition coefficient (Wildman–Crippen LogP) is 1.46. The third-order valence-corrected chi connectivity index (χ3v) is 5.59. The average molecular weight is 497 g/mol. The molecule has 0 aliphatic heterocycles. The van der Waals surface area contributed by atoms with E-state index in [1.165, 1.54) is 47.3 Å².